The molecule has 1 saturated heterocycles. The van der Waals surface area contributed by atoms with Crippen molar-refractivity contribution in [1.29, 1.82) is 0 Å². The van der Waals surface area contributed by atoms with E-state index in [1.54, 1.807) is 0 Å². The summed E-state index contributed by atoms with van der Waals surface area (Å²) in [4.78, 5) is 0. The molecule has 1 aliphatic heterocycles. The summed E-state index contributed by atoms with van der Waals surface area (Å²) in [5, 5.41) is 2.27. The highest BCUT2D eigenvalue weighted by molar-refractivity contribution is 7.80. The van der Waals surface area contributed by atoms with Crippen LogP contribution in [0.4, 0.5) is 0 Å². The maximum absolute atomic E-state index is 9.45. The van der Waals surface area contributed by atoms with E-state index in [9.17, 15) is 13.0 Å². The molecule has 0 saturated carbocycles. The van der Waals surface area contributed by atoms with Crippen LogP contribution in [0.5, 0.6) is 0 Å². The maximum Gasteiger partial charge on any atom is 0.217 e. The third-order valence-corrected chi connectivity index (χ3v) is 1.72. The largest absolute Gasteiger partial charge is 0.726 e. The molecule has 0 spiro atoms. The molecule has 13 heavy (non-hydrogen) atoms. The molecule has 6 nitrogen and oxygen atoms in total. The van der Waals surface area contributed by atoms with Crippen LogP contribution in [-0.4, -0.2) is 45.9 Å². The Morgan fingerprint density at radius 3 is 2.08 bits per heavy atom. The molecule has 2 N–H and O–H groups in total. The number of rotatable bonds is 2. The first-order chi connectivity index (χ1) is 6.06. The Morgan fingerprint density at radius 2 is 2.00 bits per heavy atom. The SMILES string of the molecule is C1COCC[NH2+]1.CCOS(=O)(=O)[O-]. The van der Waals surface area contributed by atoms with Crippen LogP contribution >= 0.6 is 0 Å². The van der Waals surface area contributed by atoms with Crippen molar-refractivity contribution in [3.05, 3.63) is 0 Å². The summed E-state index contributed by atoms with van der Waals surface area (Å²) in [5.41, 5.74) is 0. The lowest BCUT2D eigenvalue weighted by atomic mass is 10.5. The van der Waals surface area contributed by atoms with Gasteiger partial charge >= 0.3 is 0 Å². The standard InChI is InChI=1S/C4H9NO.C2H6O4S/c1-3-6-4-2-5-1;1-2-6-7(3,4)5/h5H,1-4H2;2H2,1H3,(H,3,4,5). The van der Waals surface area contributed by atoms with Crippen LogP contribution in [0.1, 0.15) is 6.92 Å². The van der Waals surface area contributed by atoms with Crippen LogP contribution in [0.3, 0.4) is 0 Å². The van der Waals surface area contributed by atoms with Gasteiger partial charge in [0.15, 0.2) is 0 Å². The topological polar surface area (TPSA) is 92.3 Å². The van der Waals surface area contributed by atoms with Gasteiger partial charge in [0.2, 0.25) is 10.4 Å². The smallest absolute Gasteiger partial charge is 0.217 e. The molecule has 0 bridgehead atoms. The molecular weight excluding hydrogens is 198 g/mol. The molecule has 1 fully saturated rings. The number of morpholine rings is 1. The van der Waals surface area contributed by atoms with Crippen molar-refractivity contribution < 1.29 is 27.2 Å². The predicted octanol–water partition coefficient (Wildman–Crippen LogP) is -1.94. The van der Waals surface area contributed by atoms with Gasteiger partial charge in [-0.2, -0.15) is 0 Å². The molecule has 1 heterocycles. The van der Waals surface area contributed by atoms with Crippen LogP contribution in [0.15, 0.2) is 0 Å². The van der Waals surface area contributed by atoms with Crippen molar-refractivity contribution in [1.82, 2.24) is 0 Å². The fourth-order valence-corrected chi connectivity index (χ4v) is 1.01. The molecule has 0 aromatic heterocycles. The monoisotopic (exact) mass is 213 g/mol. The molecule has 0 radical (unpaired) electrons. The van der Waals surface area contributed by atoms with Gasteiger partial charge in [0.05, 0.1) is 32.9 Å². The Balaban J connectivity index is 0.000000223. The first-order valence-corrected chi connectivity index (χ1v) is 5.39. The van der Waals surface area contributed by atoms with E-state index in [0.717, 1.165) is 26.3 Å². The van der Waals surface area contributed by atoms with Gasteiger partial charge < -0.3 is 14.6 Å². The molecule has 0 aromatic rings. The van der Waals surface area contributed by atoms with Gasteiger partial charge in [-0.3, -0.25) is 4.18 Å². The average Bonchev–Trinajstić information content (AvgIpc) is 2.06. The normalized spacial score (nSPS) is 17.4. The minimum absolute atomic E-state index is 0.0914. The summed E-state index contributed by atoms with van der Waals surface area (Å²) >= 11 is 0. The Morgan fingerprint density at radius 1 is 1.46 bits per heavy atom. The summed E-state index contributed by atoms with van der Waals surface area (Å²) < 4.78 is 37.0. The molecule has 1 rings (SSSR count). The second kappa shape index (κ2) is 7.22. The van der Waals surface area contributed by atoms with Gasteiger partial charge in [-0.1, -0.05) is 0 Å². The molecule has 0 aromatic carbocycles. The highest BCUT2D eigenvalue weighted by atomic mass is 32.3. The number of ether oxygens (including phenoxy) is 1. The van der Waals surface area contributed by atoms with E-state index in [4.69, 9.17) is 4.74 Å². The summed E-state index contributed by atoms with van der Waals surface area (Å²) in [7, 11) is -4.42. The van der Waals surface area contributed by atoms with Gasteiger partial charge in [-0.25, -0.2) is 8.42 Å². The molecule has 0 atom stereocenters. The first-order valence-electron chi connectivity index (χ1n) is 4.06. The van der Waals surface area contributed by atoms with E-state index < -0.39 is 10.4 Å². The van der Waals surface area contributed by atoms with Crippen molar-refractivity contribution >= 4 is 10.4 Å². The highest BCUT2D eigenvalue weighted by Crippen LogP contribution is 1.80. The average molecular weight is 213 g/mol. The van der Waals surface area contributed by atoms with Crippen molar-refractivity contribution in [3.63, 3.8) is 0 Å². The molecule has 0 aliphatic carbocycles. The zero-order valence-corrected chi connectivity index (χ0v) is 8.38. The van der Waals surface area contributed by atoms with Crippen LogP contribution in [-0.2, 0) is 19.3 Å². The fourth-order valence-electron chi connectivity index (χ4n) is 0.724. The van der Waals surface area contributed by atoms with E-state index >= 15 is 0 Å². The minimum atomic E-state index is -4.42. The number of nitrogens with two attached hydrogens (primary N) is 1. The summed E-state index contributed by atoms with van der Waals surface area (Å²) in [6.07, 6.45) is 0. The molecular formula is C6H15NO5S. The van der Waals surface area contributed by atoms with Gasteiger partial charge in [0.25, 0.3) is 0 Å². The summed E-state index contributed by atoms with van der Waals surface area (Å²) in [6.45, 7) is 5.53. The van der Waals surface area contributed by atoms with Gasteiger partial charge in [0.1, 0.15) is 0 Å². The minimum Gasteiger partial charge on any atom is -0.726 e. The second-order valence-electron chi connectivity index (χ2n) is 2.29. The molecule has 80 valence electrons. The highest BCUT2D eigenvalue weighted by Gasteiger charge is 1.96. The quantitative estimate of drug-likeness (QED) is 0.425. The number of hydrogen-bond acceptors (Lipinski definition) is 5. The van der Waals surface area contributed by atoms with Crippen molar-refractivity contribution in [2.24, 2.45) is 0 Å². The number of hydrogen-bond donors (Lipinski definition) is 1. The van der Waals surface area contributed by atoms with Crippen LogP contribution in [0, 0.1) is 0 Å². The van der Waals surface area contributed by atoms with E-state index in [2.05, 4.69) is 9.50 Å². The Bertz CT molecular complexity index is 188. The van der Waals surface area contributed by atoms with Gasteiger partial charge in [-0.15, -0.1) is 0 Å². The Kier molecular flexibility index (Phi) is 7.10. The zero-order valence-electron chi connectivity index (χ0n) is 7.56. The Hall–Kier alpha value is -0.210. The maximum atomic E-state index is 9.45. The van der Waals surface area contributed by atoms with Crippen LogP contribution in [0.2, 0.25) is 0 Å². The van der Waals surface area contributed by atoms with E-state index in [1.165, 1.54) is 6.92 Å². The van der Waals surface area contributed by atoms with Crippen molar-refractivity contribution in [2.75, 3.05) is 32.9 Å². The van der Waals surface area contributed by atoms with Gasteiger partial charge in [-0.05, 0) is 6.92 Å². The Labute approximate surface area is 78.2 Å². The van der Waals surface area contributed by atoms with Gasteiger partial charge in [0, 0.05) is 0 Å². The molecule has 0 amide bonds. The number of quaternary nitrogens is 1. The first kappa shape index (κ1) is 12.8. The van der Waals surface area contributed by atoms with E-state index in [0.29, 0.717) is 0 Å². The summed E-state index contributed by atoms with van der Waals surface area (Å²) in [5.74, 6) is 0. The third kappa shape index (κ3) is 11.8. The fraction of sp³-hybridized carbons (Fsp3) is 1.00. The summed E-state index contributed by atoms with van der Waals surface area (Å²) in [6, 6.07) is 0. The lowest BCUT2D eigenvalue weighted by Gasteiger charge is -2.07. The van der Waals surface area contributed by atoms with E-state index in [1.807, 2.05) is 0 Å². The zero-order chi connectivity index (χ0) is 10.2. The molecule has 7 heteroatoms. The molecule has 0 unspecified atom stereocenters. The molecule has 1 aliphatic rings. The van der Waals surface area contributed by atoms with Crippen molar-refractivity contribution in [2.45, 2.75) is 6.92 Å². The lowest BCUT2D eigenvalue weighted by Crippen LogP contribution is -2.87. The predicted molar refractivity (Wildman–Crippen MR) is 43.8 cm³/mol. The third-order valence-electron chi connectivity index (χ3n) is 1.19. The van der Waals surface area contributed by atoms with Crippen LogP contribution in [0.25, 0.3) is 0 Å². The van der Waals surface area contributed by atoms with E-state index in [-0.39, 0.29) is 6.61 Å². The van der Waals surface area contributed by atoms with Crippen molar-refractivity contribution in [3.8, 4) is 0 Å². The van der Waals surface area contributed by atoms with Crippen LogP contribution < -0.4 is 5.32 Å². The lowest BCUT2D eigenvalue weighted by molar-refractivity contribution is -0.670. The second-order valence-corrected chi connectivity index (χ2v) is 3.35.